The summed E-state index contributed by atoms with van der Waals surface area (Å²) in [5, 5.41) is 7.58. The second-order valence-corrected chi connectivity index (χ2v) is 4.00. The van der Waals surface area contributed by atoms with Crippen molar-refractivity contribution in [3.8, 4) is 11.4 Å². The number of nitrogens with zero attached hydrogens (tertiary/aromatic N) is 4. The normalized spacial score (nSPS) is 11.6. The summed E-state index contributed by atoms with van der Waals surface area (Å²) in [7, 11) is 0. The van der Waals surface area contributed by atoms with Crippen molar-refractivity contribution < 1.29 is 13.2 Å². The number of aromatic nitrogens is 4. The Labute approximate surface area is 105 Å². The molecule has 18 heavy (non-hydrogen) atoms. The van der Waals surface area contributed by atoms with Crippen LogP contribution in [0.2, 0.25) is 0 Å². The van der Waals surface area contributed by atoms with Gasteiger partial charge in [0.2, 0.25) is 5.16 Å². The third-order valence-electron chi connectivity index (χ3n) is 2.08. The molecule has 0 saturated heterocycles. The lowest BCUT2D eigenvalue weighted by atomic mass is 10.1. The van der Waals surface area contributed by atoms with Crippen LogP contribution < -0.4 is 0 Å². The maximum Gasteiger partial charge on any atom is 0.418 e. The fourth-order valence-electron chi connectivity index (χ4n) is 1.33. The van der Waals surface area contributed by atoms with Gasteiger partial charge in [0, 0.05) is 6.20 Å². The van der Waals surface area contributed by atoms with Gasteiger partial charge < -0.3 is 0 Å². The van der Waals surface area contributed by atoms with Crippen molar-refractivity contribution in [2.75, 3.05) is 6.26 Å². The molecule has 0 atom stereocenters. The first-order valence-corrected chi connectivity index (χ1v) is 6.01. The topological polar surface area (TPSA) is 51.6 Å². The van der Waals surface area contributed by atoms with Crippen LogP contribution in [0.3, 0.4) is 0 Å². The van der Waals surface area contributed by atoms with Gasteiger partial charge in [0.1, 0.15) is 11.4 Å². The molecule has 0 amide bonds. The summed E-state index contributed by atoms with van der Waals surface area (Å²) in [5.41, 5.74) is -1.02. The monoisotopic (exact) mass is 272 g/mol. The molecule has 0 bridgehead atoms. The Balaban J connectivity index is 2.57. The number of rotatable bonds is 2. The van der Waals surface area contributed by atoms with E-state index in [1.165, 1.54) is 24.0 Å². The zero-order chi connectivity index (χ0) is 13.2. The molecule has 2 aromatic rings. The Morgan fingerprint density at radius 1 is 1.28 bits per heavy atom. The molecule has 94 valence electrons. The molecule has 0 spiro atoms. The summed E-state index contributed by atoms with van der Waals surface area (Å²) in [6.45, 7) is 0. The van der Waals surface area contributed by atoms with Crippen molar-refractivity contribution in [2.24, 2.45) is 0 Å². The van der Waals surface area contributed by atoms with E-state index in [1.54, 1.807) is 6.26 Å². The standard InChI is InChI=1S/C10H7F3N4S/c1-18-9-16-7(5-15-17-9)8-6(10(11,12)13)3-2-4-14-8/h2-5H,1H3. The van der Waals surface area contributed by atoms with Gasteiger partial charge in [-0.1, -0.05) is 11.8 Å². The highest BCUT2D eigenvalue weighted by Gasteiger charge is 2.34. The molecule has 0 radical (unpaired) electrons. The van der Waals surface area contributed by atoms with Crippen molar-refractivity contribution in [1.29, 1.82) is 0 Å². The first-order chi connectivity index (χ1) is 8.52. The largest absolute Gasteiger partial charge is 0.418 e. The molecule has 0 N–H and O–H groups in total. The summed E-state index contributed by atoms with van der Waals surface area (Å²) in [5.74, 6) is 0. The highest BCUT2D eigenvalue weighted by molar-refractivity contribution is 7.98. The van der Waals surface area contributed by atoms with Gasteiger partial charge in [-0.15, -0.1) is 5.10 Å². The van der Waals surface area contributed by atoms with Gasteiger partial charge in [-0.25, -0.2) is 4.98 Å². The minimum atomic E-state index is -4.48. The van der Waals surface area contributed by atoms with E-state index in [9.17, 15) is 13.2 Å². The zero-order valence-electron chi connectivity index (χ0n) is 9.14. The van der Waals surface area contributed by atoms with E-state index in [-0.39, 0.29) is 11.4 Å². The Morgan fingerprint density at radius 3 is 2.72 bits per heavy atom. The van der Waals surface area contributed by atoms with Gasteiger partial charge in [-0.05, 0) is 18.4 Å². The van der Waals surface area contributed by atoms with Crippen molar-refractivity contribution >= 4 is 11.8 Å². The van der Waals surface area contributed by atoms with E-state index in [0.717, 1.165) is 12.3 Å². The van der Waals surface area contributed by atoms with Gasteiger partial charge in [-0.3, -0.25) is 4.98 Å². The fourth-order valence-corrected chi connectivity index (χ4v) is 1.64. The van der Waals surface area contributed by atoms with Crippen LogP contribution in [0.1, 0.15) is 5.56 Å². The van der Waals surface area contributed by atoms with Crippen LogP contribution >= 0.6 is 11.8 Å². The molecular formula is C10H7F3N4S. The Morgan fingerprint density at radius 2 is 2.06 bits per heavy atom. The summed E-state index contributed by atoms with van der Waals surface area (Å²) < 4.78 is 38.4. The molecule has 0 fully saturated rings. The minimum Gasteiger partial charge on any atom is -0.254 e. The van der Waals surface area contributed by atoms with Gasteiger partial charge in [0.15, 0.2) is 0 Å². The zero-order valence-corrected chi connectivity index (χ0v) is 9.96. The predicted molar refractivity (Wildman–Crippen MR) is 59.8 cm³/mol. The number of hydrogen-bond acceptors (Lipinski definition) is 5. The molecule has 2 rings (SSSR count). The van der Waals surface area contributed by atoms with Crippen LogP contribution in [-0.4, -0.2) is 26.4 Å². The highest BCUT2D eigenvalue weighted by Crippen LogP contribution is 2.34. The van der Waals surface area contributed by atoms with E-state index in [1.807, 2.05) is 0 Å². The maximum absolute atomic E-state index is 12.8. The Kier molecular flexibility index (Phi) is 3.46. The van der Waals surface area contributed by atoms with Crippen molar-refractivity contribution in [1.82, 2.24) is 20.2 Å². The molecular weight excluding hydrogens is 265 g/mol. The van der Waals surface area contributed by atoms with Crippen LogP contribution in [-0.2, 0) is 6.18 Å². The maximum atomic E-state index is 12.8. The molecule has 0 aliphatic carbocycles. The summed E-state index contributed by atoms with van der Waals surface area (Å²) >= 11 is 1.20. The van der Waals surface area contributed by atoms with Gasteiger partial charge in [0.05, 0.1) is 11.8 Å². The molecule has 2 heterocycles. The average molecular weight is 272 g/mol. The molecule has 0 aliphatic heterocycles. The third kappa shape index (κ3) is 2.58. The Hall–Kier alpha value is -1.70. The van der Waals surface area contributed by atoms with Crippen LogP contribution in [0.5, 0.6) is 0 Å². The number of hydrogen-bond donors (Lipinski definition) is 0. The molecule has 4 nitrogen and oxygen atoms in total. The first kappa shape index (κ1) is 12.7. The quantitative estimate of drug-likeness (QED) is 0.787. The Bertz CT molecular complexity index is 559. The van der Waals surface area contributed by atoms with Crippen molar-refractivity contribution in [3.63, 3.8) is 0 Å². The summed E-state index contributed by atoms with van der Waals surface area (Å²) in [6.07, 6.45) is -0.319. The molecule has 0 aliphatic rings. The van der Waals surface area contributed by atoms with Crippen molar-refractivity contribution in [3.05, 3.63) is 30.1 Å². The van der Waals surface area contributed by atoms with E-state index in [0.29, 0.717) is 5.16 Å². The predicted octanol–water partition coefficient (Wildman–Crippen LogP) is 2.67. The van der Waals surface area contributed by atoms with Gasteiger partial charge >= 0.3 is 6.18 Å². The highest BCUT2D eigenvalue weighted by atomic mass is 32.2. The first-order valence-electron chi connectivity index (χ1n) is 4.78. The van der Waals surface area contributed by atoms with Crippen molar-refractivity contribution in [2.45, 2.75) is 11.3 Å². The lowest BCUT2D eigenvalue weighted by Gasteiger charge is -2.10. The second-order valence-electron chi connectivity index (χ2n) is 3.23. The molecule has 8 heteroatoms. The number of thioether (sulfide) groups is 1. The van der Waals surface area contributed by atoms with Crippen LogP contribution in [0, 0.1) is 0 Å². The van der Waals surface area contributed by atoms with Crippen LogP contribution in [0.15, 0.2) is 29.7 Å². The molecule has 0 unspecified atom stereocenters. The fraction of sp³-hybridized carbons (Fsp3) is 0.200. The number of halogens is 3. The summed E-state index contributed by atoms with van der Waals surface area (Å²) in [4.78, 5) is 7.69. The van der Waals surface area contributed by atoms with E-state index >= 15 is 0 Å². The lowest BCUT2D eigenvalue weighted by Crippen LogP contribution is -2.09. The number of alkyl halides is 3. The SMILES string of the molecule is CSc1nncc(-c2ncccc2C(F)(F)F)n1. The van der Waals surface area contributed by atoms with Crippen LogP contribution in [0.4, 0.5) is 13.2 Å². The van der Waals surface area contributed by atoms with E-state index < -0.39 is 11.7 Å². The molecule has 0 saturated carbocycles. The van der Waals surface area contributed by atoms with Crippen LogP contribution in [0.25, 0.3) is 11.4 Å². The van der Waals surface area contributed by atoms with E-state index in [2.05, 4.69) is 20.2 Å². The second kappa shape index (κ2) is 4.89. The molecule has 0 aromatic carbocycles. The van der Waals surface area contributed by atoms with Gasteiger partial charge in [-0.2, -0.15) is 18.3 Å². The third-order valence-corrected chi connectivity index (χ3v) is 2.62. The van der Waals surface area contributed by atoms with E-state index in [4.69, 9.17) is 0 Å². The smallest absolute Gasteiger partial charge is 0.254 e. The minimum absolute atomic E-state index is 0.0577. The molecule has 2 aromatic heterocycles. The van der Waals surface area contributed by atoms with Gasteiger partial charge in [0.25, 0.3) is 0 Å². The lowest BCUT2D eigenvalue weighted by molar-refractivity contribution is -0.137. The summed E-state index contributed by atoms with van der Waals surface area (Å²) in [6, 6.07) is 2.19. The average Bonchev–Trinajstić information content (AvgIpc) is 2.38. The number of pyridine rings is 1.